The molecule has 0 aliphatic heterocycles. The molecule has 1 amide bonds. The molecule has 1 aromatic rings. The number of hydrogen-bond donors (Lipinski definition) is 2. The molecule has 1 rings (SSSR count). The smallest absolute Gasteiger partial charge is 0.261 e. The largest absolute Gasteiger partial charge is 0.398 e. The Bertz CT molecular complexity index is 338. The number of nitrogens with two attached hydrogens (primary N) is 1. The Kier molecular flexibility index (Phi) is 4.80. The van der Waals surface area contributed by atoms with Crippen LogP contribution < -0.4 is 11.1 Å². The summed E-state index contributed by atoms with van der Waals surface area (Å²) in [5.41, 5.74) is 6.41. The predicted octanol–water partition coefficient (Wildman–Crippen LogP) is 2.80. The van der Waals surface area contributed by atoms with E-state index in [4.69, 9.17) is 5.73 Å². The number of hydrogen-bond acceptors (Lipinski definition) is 3. The molecule has 0 aliphatic carbocycles. The fourth-order valence-electron chi connectivity index (χ4n) is 1.41. The topological polar surface area (TPSA) is 55.1 Å². The summed E-state index contributed by atoms with van der Waals surface area (Å²) in [6.45, 7) is 7.04. The maximum absolute atomic E-state index is 11.7. The maximum atomic E-state index is 11.7. The summed E-state index contributed by atoms with van der Waals surface area (Å²) < 4.78 is 0. The van der Waals surface area contributed by atoms with Crippen LogP contribution in [0.15, 0.2) is 6.07 Å². The molecule has 90 valence electrons. The number of nitrogens with one attached hydrogen (secondary N) is 1. The van der Waals surface area contributed by atoms with Gasteiger partial charge in [0.15, 0.2) is 0 Å². The van der Waals surface area contributed by atoms with Gasteiger partial charge in [-0.15, -0.1) is 11.3 Å². The van der Waals surface area contributed by atoms with E-state index in [1.54, 1.807) is 6.07 Å². The molecule has 0 aliphatic rings. The van der Waals surface area contributed by atoms with Crippen molar-refractivity contribution >= 4 is 22.9 Å². The number of anilines is 1. The van der Waals surface area contributed by atoms with Crippen molar-refractivity contribution in [3.05, 3.63) is 15.8 Å². The number of carbonyl (C=O) groups excluding carboxylic acids is 1. The maximum Gasteiger partial charge on any atom is 0.261 e. The van der Waals surface area contributed by atoms with Crippen LogP contribution in [0.1, 0.15) is 41.2 Å². The van der Waals surface area contributed by atoms with Gasteiger partial charge < -0.3 is 11.1 Å². The Labute approximate surface area is 101 Å². The van der Waals surface area contributed by atoms with Crippen molar-refractivity contribution in [2.24, 2.45) is 5.92 Å². The standard InChI is InChI=1S/C12H20N2OS/c1-8(2)5-4-6-14-12(15)11-7-10(13)9(3)16-11/h7-8H,4-6,13H2,1-3H3,(H,14,15). The number of thiophene rings is 1. The summed E-state index contributed by atoms with van der Waals surface area (Å²) in [5, 5.41) is 2.91. The molecule has 1 heterocycles. The molecule has 0 aromatic carbocycles. The van der Waals surface area contributed by atoms with Crippen molar-refractivity contribution in [1.29, 1.82) is 0 Å². The third-order valence-corrected chi connectivity index (χ3v) is 3.49. The van der Waals surface area contributed by atoms with Gasteiger partial charge in [-0.2, -0.15) is 0 Å². The second-order valence-corrected chi connectivity index (χ2v) is 5.67. The molecule has 0 atom stereocenters. The SMILES string of the molecule is Cc1sc(C(=O)NCCCC(C)C)cc1N. The Hall–Kier alpha value is -1.03. The molecule has 4 heteroatoms. The molecule has 16 heavy (non-hydrogen) atoms. The second kappa shape index (κ2) is 5.89. The lowest BCUT2D eigenvalue weighted by atomic mass is 10.1. The molecule has 0 radical (unpaired) electrons. The Morgan fingerprint density at radius 2 is 2.25 bits per heavy atom. The molecule has 3 nitrogen and oxygen atoms in total. The van der Waals surface area contributed by atoms with E-state index in [9.17, 15) is 4.79 Å². The number of carbonyl (C=O) groups is 1. The summed E-state index contributed by atoms with van der Waals surface area (Å²) in [6.07, 6.45) is 2.18. The van der Waals surface area contributed by atoms with Crippen molar-refractivity contribution in [2.75, 3.05) is 12.3 Å². The van der Waals surface area contributed by atoms with E-state index >= 15 is 0 Å². The van der Waals surface area contributed by atoms with E-state index < -0.39 is 0 Å². The molecule has 0 spiro atoms. The third kappa shape index (κ3) is 3.85. The van der Waals surface area contributed by atoms with Gasteiger partial charge in [-0.1, -0.05) is 13.8 Å². The molecular formula is C12H20N2OS. The summed E-state index contributed by atoms with van der Waals surface area (Å²) >= 11 is 1.45. The van der Waals surface area contributed by atoms with Crippen LogP contribution in [0.2, 0.25) is 0 Å². The summed E-state index contributed by atoms with van der Waals surface area (Å²) in [4.78, 5) is 13.4. The van der Waals surface area contributed by atoms with Crippen molar-refractivity contribution < 1.29 is 4.79 Å². The lowest BCUT2D eigenvalue weighted by molar-refractivity contribution is 0.0956. The molecule has 0 saturated carbocycles. The van der Waals surface area contributed by atoms with Crippen molar-refractivity contribution in [3.63, 3.8) is 0 Å². The van der Waals surface area contributed by atoms with Gasteiger partial charge >= 0.3 is 0 Å². The van der Waals surface area contributed by atoms with Gasteiger partial charge in [0.1, 0.15) is 0 Å². The summed E-state index contributed by atoms with van der Waals surface area (Å²) in [7, 11) is 0. The minimum Gasteiger partial charge on any atom is -0.398 e. The first kappa shape index (κ1) is 13.0. The number of rotatable bonds is 5. The lowest BCUT2D eigenvalue weighted by Crippen LogP contribution is -2.23. The van der Waals surface area contributed by atoms with Gasteiger partial charge in [-0.25, -0.2) is 0 Å². The first-order valence-electron chi connectivity index (χ1n) is 5.64. The minimum absolute atomic E-state index is 0.00597. The molecule has 3 N–H and O–H groups in total. The Balaban J connectivity index is 2.35. The van der Waals surface area contributed by atoms with Crippen LogP contribution in [-0.4, -0.2) is 12.5 Å². The van der Waals surface area contributed by atoms with Gasteiger partial charge in [0.25, 0.3) is 5.91 Å². The van der Waals surface area contributed by atoms with Crippen LogP contribution in [0.3, 0.4) is 0 Å². The number of aryl methyl sites for hydroxylation is 1. The van der Waals surface area contributed by atoms with Gasteiger partial charge in [0.05, 0.1) is 4.88 Å². The second-order valence-electron chi connectivity index (χ2n) is 4.41. The normalized spacial score (nSPS) is 10.8. The molecule has 0 bridgehead atoms. The number of amides is 1. The molecule has 1 aromatic heterocycles. The molecular weight excluding hydrogens is 220 g/mol. The molecule has 0 unspecified atom stereocenters. The molecule has 0 fully saturated rings. The average Bonchev–Trinajstić information content (AvgIpc) is 2.54. The van der Waals surface area contributed by atoms with E-state index in [0.29, 0.717) is 16.5 Å². The zero-order chi connectivity index (χ0) is 12.1. The van der Waals surface area contributed by atoms with Gasteiger partial charge in [-0.3, -0.25) is 4.79 Å². The van der Waals surface area contributed by atoms with E-state index in [0.717, 1.165) is 24.3 Å². The monoisotopic (exact) mass is 240 g/mol. The molecule has 0 saturated heterocycles. The number of nitrogen functional groups attached to an aromatic ring is 1. The van der Waals surface area contributed by atoms with E-state index in [-0.39, 0.29) is 5.91 Å². The Morgan fingerprint density at radius 1 is 1.56 bits per heavy atom. The van der Waals surface area contributed by atoms with E-state index in [1.807, 2.05) is 6.92 Å². The quantitative estimate of drug-likeness (QED) is 0.778. The highest BCUT2D eigenvalue weighted by atomic mass is 32.1. The van der Waals surface area contributed by atoms with E-state index in [1.165, 1.54) is 11.3 Å². The van der Waals surface area contributed by atoms with Crippen LogP contribution >= 0.6 is 11.3 Å². The van der Waals surface area contributed by atoms with Crippen LogP contribution in [-0.2, 0) is 0 Å². The Morgan fingerprint density at radius 3 is 2.75 bits per heavy atom. The lowest BCUT2D eigenvalue weighted by Gasteiger charge is -2.05. The highest BCUT2D eigenvalue weighted by Crippen LogP contribution is 2.23. The summed E-state index contributed by atoms with van der Waals surface area (Å²) in [6, 6.07) is 1.75. The van der Waals surface area contributed by atoms with Gasteiger partial charge in [0.2, 0.25) is 0 Å². The zero-order valence-corrected chi connectivity index (χ0v) is 11.0. The third-order valence-electron chi connectivity index (χ3n) is 2.42. The zero-order valence-electron chi connectivity index (χ0n) is 10.2. The van der Waals surface area contributed by atoms with Crippen molar-refractivity contribution in [1.82, 2.24) is 5.32 Å². The first-order chi connectivity index (χ1) is 7.50. The highest BCUT2D eigenvalue weighted by Gasteiger charge is 2.09. The minimum atomic E-state index is -0.00597. The summed E-state index contributed by atoms with van der Waals surface area (Å²) in [5.74, 6) is 0.685. The van der Waals surface area contributed by atoms with Crippen molar-refractivity contribution in [3.8, 4) is 0 Å². The average molecular weight is 240 g/mol. The van der Waals surface area contributed by atoms with Crippen LogP contribution in [0.5, 0.6) is 0 Å². The van der Waals surface area contributed by atoms with Gasteiger partial charge in [0, 0.05) is 17.1 Å². The van der Waals surface area contributed by atoms with Gasteiger partial charge in [-0.05, 0) is 31.7 Å². The highest BCUT2D eigenvalue weighted by molar-refractivity contribution is 7.14. The van der Waals surface area contributed by atoms with E-state index in [2.05, 4.69) is 19.2 Å². The van der Waals surface area contributed by atoms with Crippen LogP contribution in [0.25, 0.3) is 0 Å². The van der Waals surface area contributed by atoms with Crippen LogP contribution in [0.4, 0.5) is 5.69 Å². The predicted molar refractivity (Wildman–Crippen MR) is 69.9 cm³/mol. The van der Waals surface area contributed by atoms with Crippen LogP contribution in [0, 0.1) is 12.8 Å². The van der Waals surface area contributed by atoms with Crippen molar-refractivity contribution in [2.45, 2.75) is 33.6 Å². The first-order valence-corrected chi connectivity index (χ1v) is 6.46. The fraction of sp³-hybridized carbons (Fsp3) is 0.583. The fourth-order valence-corrected chi connectivity index (χ4v) is 2.26.